The quantitative estimate of drug-likeness (QED) is 0.779. The highest BCUT2D eigenvalue weighted by molar-refractivity contribution is 5.71. The molecule has 0 aliphatic carbocycles. The molecule has 5 heteroatoms. The molecule has 0 aliphatic rings. The van der Waals surface area contributed by atoms with Crippen molar-refractivity contribution in [1.29, 1.82) is 0 Å². The second-order valence-electron chi connectivity index (χ2n) is 7.02. The van der Waals surface area contributed by atoms with Gasteiger partial charge in [-0.15, -0.1) is 0 Å². The minimum atomic E-state index is -0.459. The summed E-state index contributed by atoms with van der Waals surface area (Å²) in [5.74, 6) is 0.161. The summed E-state index contributed by atoms with van der Waals surface area (Å²) < 4.78 is 5.43. The molecule has 0 atom stereocenters. The van der Waals surface area contributed by atoms with Crippen LogP contribution in [0.25, 0.3) is 6.08 Å². The first-order chi connectivity index (χ1) is 12.3. The monoisotopic (exact) mass is 354 g/mol. The van der Waals surface area contributed by atoms with E-state index in [-0.39, 0.29) is 12.4 Å². The van der Waals surface area contributed by atoms with E-state index in [1.54, 1.807) is 30.5 Å². The van der Waals surface area contributed by atoms with Gasteiger partial charge in [0.05, 0.1) is 6.61 Å². The van der Waals surface area contributed by atoms with Crippen LogP contribution in [-0.4, -0.2) is 28.2 Å². The lowest BCUT2D eigenvalue weighted by atomic mass is 10.1. The number of para-hydroxylation sites is 1. The second-order valence-corrected chi connectivity index (χ2v) is 7.02. The summed E-state index contributed by atoms with van der Waals surface area (Å²) in [5.41, 5.74) is 7.60. The Kier molecular flexibility index (Phi) is 6.28. The van der Waals surface area contributed by atoms with Crippen LogP contribution in [0.3, 0.4) is 0 Å². The van der Waals surface area contributed by atoms with Gasteiger partial charge >= 0.3 is 6.09 Å². The number of nitrogens with zero attached hydrogens (tertiary/aromatic N) is 1. The van der Waals surface area contributed by atoms with Gasteiger partial charge in [0.25, 0.3) is 0 Å². The molecule has 0 fully saturated rings. The van der Waals surface area contributed by atoms with E-state index in [1.807, 2.05) is 51.1 Å². The maximum atomic E-state index is 12.5. The molecule has 2 rings (SSSR count). The number of phenols is 1. The van der Waals surface area contributed by atoms with Gasteiger partial charge in [-0.05, 0) is 50.6 Å². The molecule has 0 saturated heterocycles. The van der Waals surface area contributed by atoms with Gasteiger partial charge in [-0.1, -0.05) is 30.3 Å². The van der Waals surface area contributed by atoms with E-state index in [4.69, 9.17) is 10.5 Å². The minimum absolute atomic E-state index is 0.161. The fourth-order valence-corrected chi connectivity index (χ4v) is 2.35. The van der Waals surface area contributed by atoms with E-state index < -0.39 is 11.6 Å². The molecule has 3 N–H and O–H groups in total. The van der Waals surface area contributed by atoms with Crippen LogP contribution in [0.1, 0.15) is 31.9 Å². The number of phenolic OH excluding ortho intramolecular Hbond substituents is 1. The number of aromatic hydroxyl groups is 1. The van der Waals surface area contributed by atoms with Crippen molar-refractivity contribution in [2.45, 2.75) is 32.7 Å². The van der Waals surface area contributed by atoms with Crippen molar-refractivity contribution < 1.29 is 14.6 Å². The lowest BCUT2D eigenvalue weighted by Crippen LogP contribution is -2.42. The summed E-state index contributed by atoms with van der Waals surface area (Å²) in [6.07, 6.45) is 3.52. The average molecular weight is 354 g/mol. The van der Waals surface area contributed by atoms with Crippen LogP contribution in [-0.2, 0) is 11.2 Å². The number of carbonyl (C=O) groups excluding carboxylic acids is 1. The second kappa shape index (κ2) is 8.43. The Balaban J connectivity index is 2.00. The first-order valence-corrected chi connectivity index (χ1v) is 8.54. The van der Waals surface area contributed by atoms with Crippen molar-refractivity contribution in [2.75, 3.05) is 12.3 Å². The Hall–Kier alpha value is -2.95. The molecule has 0 aliphatic heterocycles. The van der Waals surface area contributed by atoms with Crippen LogP contribution >= 0.6 is 0 Å². The highest BCUT2D eigenvalue weighted by Gasteiger charge is 2.25. The molecule has 0 aromatic heterocycles. The summed E-state index contributed by atoms with van der Waals surface area (Å²) in [5, 5.41) is 9.86. The number of ether oxygens (including phenoxy) is 1. The summed E-state index contributed by atoms with van der Waals surface area (Å²) >= 11 is 0. The Morgan fingerprint density at radius 1 is 1.15 bits per heavy atom. The van der Waals surface area contributed by atoms with Gasteiger partial charge in [-0.25, -0.2) is 4.79 Å². The van der Waals surface area contributed by atoms with E-state index >= 15 is 0 Å². The minimum Gasteiger partial charge on any atom is -0.507 e. The van der Waals surface area contributed by atoms with Crippen molar-refractivity contribution in [3.05, 3.63) is 65.9 Å². The predicted octanol–water partition coefficient (Wildman–Crippen LogP) is 4.42. The number of amides is 1. The molecule has 0 unspecified atom stereocenters. The number of hydrogen-bond donors (Lipinski definition) is 2. The Bertz CT molecular complexity index is 762. The normalized spacial score (nSPS) is 11.5. The molecule has 0 heterocycles. The molecule has 2 aromatic rings. The van der Waals surface area contributed by atoms with Crippen LogP contribution in [0.15, 0.2) is 54.7 Å². The van der Waals surface area contributed by atoms with E-state index in [1.165, 1.54) is 4.90 Å². The maximum Gasteiger partial charge on any atom is 0.414 e. The van der Waals surface area contributed by atoms with Crippen LogP contribution < -0.4 is 5.73 Å². The highest BCUT2D eigenvalue weighted by atomic mass is 16.6. The molecule has 0 bridgehead atoms. The van der Waals surface area contributed by atoms with Crippen molar-refractivity contribution in [3.8, 4) is 5.75 Å². The van der Waals surface area contributed by atoms with E-state index in [0.29, 0.717) is 17.7 Å². The van der Waals surface area contributed by atoms with Gasteiger partial charge < -0.3 is 15.6 Å². The van der Waals surface area contributed by atoms with Crippen LogP contribution in [0.5, 0.6) is 5.75 Å². The number of anilines is 1. The van der Waals surface area contributed by atoms with E-state index in [2.05, 4.69) is 0 Å². The Morgan fingerprint density at radius 2 is 1.81 bits per heavy atom. The number of hydrogen-bond acceptors (Lipinski definition) is 4. The van der Waals surface area contributed by atoms with Gasteiger partial charge in [0.1, 0.15) is 5.75 Å². The van der Waals surface area contributed by atoms with Gasteiger partial charge in [0.15, 0.2) is 0 Å². The number of benzene rings is 2. The number of rotatable bonds is 5. The van der Waals surface area contributed by atoms with Crippen molar-refractivity contribution in [1.82, 2.24) is 4.90 Å². The van der Waals surface area contributed by atoms with Crippen LogP contribution in [0.4, 0.5) is 10.5 Å². The topological polar surface area (TPSA) is 75.8 Å². The molecule has 0 saturated carbocycles. The molecule has 0 spiro atoms. The summed E-state index contributed by atoms with van der Waals surface area (Å²) in [7, 11) is 0. The van der Waals surface area contributed by atoms with Crippen molar-refractivity contribution in [3.63, 3.8) is 0 Å². The molecule has 138 valence electrons. The fraction of sp³-hybridized carbons (Fsp3) is 0.286. The number of nitrogen functional groups attached to an aromatic ring is 1. The highest BCUT2D eigenvalue weighted by Crippen LogP contribution is 2.21. The number of nitrogens with two attached hydrogens (primary N) is 1. The smallest absolute Gasteiger partial charge is 0.414 e. The Morgan fingerprint density at radius 3 is 2.42 bits per heavy atom. The third-order valence-electron chi connectivity index (χ3n) is 3.86. The molecule has 0 radical (unpaired) electrons. The molecule has 5 nitrogen and oxygen atoms in total. The first kappa shape index (κ1) is 19.4. The average Bonchev–Trinajstić information content (AvgIpc) is 2.57. The van der Waals surface area contributed by atoms with E-state index in [0.717, 1.165) is 5.56 Å². The van der Waals surface area contributed by atoms with Crippen LogP contribution in [0.2, 0.25) is 0 Å². The lowest BCUT2D eigenvalue weighted by Gasteiger charge is -2.31. The molecule has 2 aromatic carbocycles. The largest absolute Gasteiger partial charge is 0.507 e. The molecular weight excluding hydrogens is 328 g/mol. The van der Waals surface area contributed by atoms with Gasteiger partial charge in [-0.3, -0.25) is 4.90 Å². The third-order valence-corrected chi connectivity index (χ3v) is 3.86. The van der Waals surface area contributed by atoms with Gasteiger partial charge in [0, 0.05) is 29.4 Å². The lowest BCUT2D eigenvalue weighted by molar-refractivity contribution is 0.0922. The zero-order valence-electron chi connectivity index (χ0n) is 15.5. The Labute approximate surface area is 154 Å². The standard InChI is InChI=1S/C21H26N2O3/c1-21(2,3)23(14-12-17-6-4-5-7-19(17)24)20(25)26-15-13-16-8-10-18(22)11-9-16/h4-12,14,24H,13,15,22H2,1-3H3. The first-order valence-electron chi connectivity index (χ1n) is 8.54. The zero-order valence-corrected chi connectivity index (χ0v) is 15.5. The predicted molar refractivity (Wildman–Crippen MR) is 105 cm³/mol. The van der Waals surface area contributed by atoms with Gasteiger partial charge in [-0.2, -0.15) is 0 Å². The fourth-order valence-electron chi connectivity index (χ4n) is 2.35. The van der Waals surface area contributed by atoms with E-state index in [9.17, 15) is 9.90 Å². The van der Waals surface area contributed by atoms with Crippen LogP contribution in [0, 0.1) is 0 Å². The van der Waals surface area contributed by atoms with Gasteiger partial charge in [0.2, 0.25) is 0 Å². The molecule has 26 heavy (non-hydrogen) atoms. The summed E-state index contributed by atoms with van der Waals surface area (Å²) in [6.45, 7) is 6.04. The zero-order chi connectivity index (χ0) is 19.2. The number of carbonyl (C=O) groups is 1. The third kappa shape index (κ3) is 5.55. The summed E-state index contributed by atoms with van der Waals surface area (Å²) in [6, 6.07) is 14.4. The molecule has 1 amide bonds. The molecular formula is C21H26N2O3. The SMILES string of the molecule is CC(C)(C)N(C=Cc1ccccc1O)C(=O)OCCc1ccc(N)cc1. The van der Waals surface area contributed by atoms with Crippen molar-refractivity contribution >= 4 is 17.9 Å². The van der Waals surface area contributed by atoms with Crippen molar-refractivity contribution in [2.24, 2.45) is 0 Å². The maximum absolute atomic E-state index is 12.5. The summed E-state index contributed by atoms with van der Waals surface area (Å²) in [4.78, 5) is 14.0.